The van der Waals surface area contributed by atoms with Crippen LogP contribution in [0.3, 0.4) is 0 Å². The third-order valence-electron chi connectivity index (χ3n) is 3.74. The number of nitrogens with two attached hydrogens (primary N) is 1. The molecule has 0 fully saturated rings. The van der Waals surface area contributed by atoms with Crippen LogP contribution in [0.25, 0.3) is 11.0 Å². The van der Waals surface area contributed by atoms with Gasteiger partial charge in [0, 0.05) is 43.6 Å². The summed E-state index contributed by atoms with van der Waals surface area (Å²) in [6, 6.07) is 0. The monoisotopic (exact) mass is 339 g/mol. The standard InChI is InChI=1S/C15H25N5O2S/c1-10(21)12(8-23-4-3-22-2)6-17-5-11-7-18-14-13(11)19-9-20-15(14)16/h7,9-10,12,17-18,21H,3-6,8H2,1-2H3,(H2,16,19,20)/t10-,12-/m1/s1. The molecule has 5 N–H and O–H groups in total. The molecule has 0 saturated heterocycles. The number of aromatic amines is 1. The van der Waals surface area contributed by atoms with Crippen molar-refractivity contribution in [2.45, 2.75) is 19.6 Å². The van der Waals surface area contributed by atoms with Crippen molar-refractivity contribution in [3.63, 3.8) is 0 Å². The average Bonchev–Trinajstić information content (AvgIpc) is 2.94. The highest BCUT2D eigenvalue weighted by atomic mass is 32.2. The number of nitrogens with zero attached hydrogens (tertiary/aromatic N) is 2. The number of H-pyrrole nitrogens is 1. The topological polar surface area (TPSA) is 109 Å². The van der Waals surface area contributed by atoms with Gasteiger partial charge < -0.3 is 25.9 Å². The number of hydrogen-bond acceptors (Lipinski definition) is 7. The molecule has 8 heteroatoms. The first-order chi connectivity index (χ1) is 11.1. The van der Waals surface area contributed by atoms with Crippen molar-refractivity contribution < 1.29 is 9.84 Å². The lowest BCUT2D eigenvalue weighted by molar-refractivity contribution is 0.136. The fourth-order valence-electron chi connectivity index (χ4n) is 2.29. The maximum Gasteiger partial charge on any atom is 0.151 e. The zero-order chi connectivity index (χ0) is 16.7. The van der Waals surface area contributed by atoms with Crippen molar-refractivity contribution in [2.24, 2.45) is 5.92 Å². The van der Waals surface area contributed by atoms with Gasteiger partial charge in [0.25, 0.3) is 0 Å². The van der Waals surface area contributed by atoms with E-state index in [2.05, 4.69) is 20.3 Å². The van der Waals surface area contributed by atoms with Crippen molar-refractivity contribution in [1.82, 2.24) is 20.3 Å². The molecule has 0 aromatic carbocycles. The van der Waals surface area contributed by atoms with Crippen LogP contribution in [0, 0.1) is 5.92 Å². The Morgan fingerprint density at radius 3 is 3.04 bits per heavy atom. The van der Waals surface area contributed by atoms with Gasteiger partial charge in [0.05, 0.1) is 18.2 Å². The van der Waals surface area contributed by atoms with Gasteiger partial charge in [0.1, 0.15) is 11.8 Å². The van der Waals surface area contributed by atoms with Crippen LogP contribution in [0.4, 0.5) is 5.82 Å². The van der Waals surface area contributed by atoms with Crippen LogP contribution >= 0.6 is 11.8 Å². The molecule has 0 amide bonds. The van der Waals surface area contributed by atoms with E-state index in [0.29, 0.717) is 12.4 Å². The summed E-state index contributed by atoms with van der Waals surface area (Å²) in [6.45, 7) is 3.98. The summed E-state index contributed by atoms with van der Waals surface area (Å²) in [5, 5.41) is 13.3. The van der Waals surface area contributed by atoms with Gasteiger partial charge in [-0.2, -0.15) is 11.8 Å². The molecule has 0 radical (unpaired) electrons. The molecule has 0 aliphatic heterocycles. The number of thioether (sulfide) groups is 1. The number of methoxy groups -OCH3 is 1. The lowest BCUT2D eigenvalue weighted by Gasteiger charge is -2.20. The quantitative estimate of drug-likeness (QED) is 0.478. The summed E-state index contributed by atoms with van der Waals surface area (Å²) in [4.78, 5) is 11.4. The Hall–Kier alpha value is -1.35. The summed E-state index contributed by atoms with van der Waals surface area (Å²) in [7, 11) is 1.70. The van der Waals surface area contributed by atoms with Gasteiger partial charge in [-0.3, -0.25) is 0 Å². The fourth-order valence-corrected chi connectivity index (χ4v) is 3.44. The van der Waals surface area contributed by atoms with E-state index in [9.17, 15) is 5.11 Å². The second kappa shape index (κ2) is 9.07. The minimum absolute atomic E-state index is 0.196. The zero-order valence-electron chi connectivity index (χ0n) is 13.6. The first-order valence-corrected chi connectivity index (χ1v) is 8.80. The molecule has 128 valence electrons. The average molecular weight is 339 g/mol. The minimum Gasteiger partial charge on any atom is -0.393 e. The van der Waals surface area contributed by atoms with Crippen molar-refractivity contribution >= 4 is 28.6 Å². The van der Waals surface area contributed by atoms with Crippen LogP contribution in [-0.4, -0.2) is 57.9 Å². The molecular weight excluding hydrogens is 314 g/mol. The molecule has 2 rings (SSSR count). The van der Waals surface area contributed by atoms with Crippen LogP contribution in [0.2, 0.25) is 0 Å². The van der Waals surface area contributed by atoms with Gasteiger partial charge in [0.2, 0.25) is 0 Å². The maximum atomic E-state index is 9.91. The molecule has 2 aromatic heterocycles. The molecule has 7 nitrogen and oxygen atoms in total. The number of nitrogens with one attached hydrogen (secondary N) is 2. The zero-order valence-corrected chi connectivity index (χ0v) is 14.4. The van der Waals surface area contributed by atoms with E-state index in [1.165, 1.54) is 6.33 Å². The lowest BCUT2D eigenvalue weighted by atomic mass is 10.1. The molecular formula is C15H25N5O2S. The van der Waals surface area contributed by atoms with Gasteiger partial charge in [-0.25, -0.2) is 9.97 Å². The molecule has 0 spiro atoms. The number of aromatic nitrogens is 3. The van der Waals surface area contributed by atoms with Crippen LogP contribution < -0.4 is 11.1 Å². The predicted molar refractivity (Wildman–Crippen MR) is 94.4 cm³/mol. The van der Waals surface area contributed by atoms with Gasteiger partial charge in [-0.05, 0) is 12.7 Å². The highest BCUT2D eigenvalue weighted by molar-refractivity contribution is 7.99. The number of hydrogen-bond donors (Lipinski definition) is 4. The summed E-state index contributed by atoms with van der Waals surface area (Å²) >= 11 is 1.80. The van der Waals surface area contributed by atoms with E-state index in [-0.39, 0.29) is 12.0 Å². The van der Waals surface area contributed by atoms with Crippen molar-refractivity contribution in [2.75, 3.05) is 37.5 Å². The molecule has 2 atom stereocenters. The first kappa shape index (κ1) is 18.0. The number of ether oxygens (including phenoxy) is 1. The Labute approximate surface area is 140 Å². The normalized spacial score (nSPS) is 14.2. The van der Waals surface area contributed by atoms with Crippen LogP contribution in [0.15, 0.2) is 12.5 Å². The Kier molecular flexibility index (Phi) is 7.10. The number of rotatable bonds is 10. The molecule has 0 bridgehead atoms. The number of anilines is 1. The molecule has 2 heterocycles. The second-order valence-electron chi connectivity index (χ2n) is 5.50. The van der Waals surface area contributed by atoms with Crippen molar-refractivity contribution in [3.05, 3.63) is 18.1 Å². The van der Waals surface area contributed by atoms with E-state index < -0.39 is 0 Å². The summed E-state index contributed by atoms with van der Waals surface area (Å²) in [6.07, 6.45) is 3.02. The fraction of sp³-hybridized carbons (Fsp3) is 0.600. The van der Waals surface area contributed by atoms with Crippen LogP contribution in [0.5, 0.6) is 0 Å². The largest absolute Gasteiger partial charge is 0.393 e. The second-order valence-corrected chi connectivity index (χ2v) is 6.65. The summed E-state index contributed by atoms with van der Waals surface area (Å²) < 4.78 is 5.04. The van der Waals surface area contributed by atoms with E-state index in [4.69, 9.17) is 10.5 Å². The summed E-state index contributed by atoms with van der Waals surface area (Å²) in [5.41, 5.74) is 8.47. The molecule has 0 aliphatic rings. The highest BCUT2D eigenvalue weighted by Gasteiger charge is 2.15. The van der Waals surface area contributed by atoms with Crippen molar-refractivity contribution in [3.8, 4) is 0 Å². The van der Waals surface area contributed by atoms with E-state index in [1.807, 2.05) is 13.1 Å². The molecule has 0 saturated carbocycles. The van der Waals surface area contributed by atoms with Gasteiger partial charge in [-0.15, -0.1) is 0 Å². The smallest absolute Gasteiger partial charge is 0.151 e. The van der Waals surface area contributed by atoms with E-state index in [0.717, 1.165) is 41.3 Å². The third-order valence-corrected chi connectivity index (χ3v) is 4.86. The molecule has 0 unspecified atom stereocenters. The van der Waals surface area contributed by atoms with Crippen molar-refractivity contribution in [1.29, 1.82) is 0 Å². The highest BCUT2D eigenvalue weighted by Crippen LogP contribution is 2.19. The Balaban J connectivity index is 1.85. The number of aliphatic hydroxyl groups is 1. The van der Waals surface area contributed by atoms with Gasteiger partial charge >= 0.3 is 0 Å². The molecule has 0 aliphatic carbocycles. The molecule has 2 aromatic rings. The predicted octanol–water partition coefficient (Wildman–Crippen LogP) is 1.01. The van der Waals surface area contributed by atoms with Crippen LogP contribution in [0.1, 0.15) is 12.5 Å². The van der Waals surface area contributed by atoms with E-state index in [1.54, 1.807) is 18.9 Å². The minimum atomic E-state index is -0.349. The number of fused-ring (bicyclic) bond motifs is 1. The van der Waals surface area contributed by atoms with Gasteiger partial charge in [-0.1, -0.05) is 0 Å². The Morgan fingerprint density at radius 2 is 2.30 bits per heavy atom. The Morgan fingerprint density at radius 1 is 1.48 bits per heavy atom. The van der Waals surface area contributed by atoms with Crippen LogP contribution in [-0.2, 0) is 11.3 Å². The maximum absolute atomic E-state index is 9.91. The summed E-state index contributed by atoms with van der Waals surface area (Å²) in [5.74, 6) is 2.49. The van der Waals surface area contributed by atoms with Gasteiger partial charge in [0.15, 0.2) is 5.82 Å². The third kappa shape index (κ3) is 5.07. The van der Waals surface area contributed by atoms with E-state index >= 15 is 0 Å². The number of nitrogen functional groups attached to an aromatic ring is 1. The first-order valence-electron chi connectivity index (χ1n) is 7.65. The number of aliphatic hydroxyl groups excluding tert-OH is 1. The Bertz CT molecular complexity index is 605. The SMILES string of the molecule is COCCSC[C@@H](CNCc1c[nH]c2c(N)ncnc12)[C@@H](C)O. The molecule has 23 heavy (non-hydrogen) atoms. The lowest BCUT2D eigenvalue weighted by Crippen LogP contribution is -2.31.